The highest BCUT2D eigenvalue weighted by molar-refractivity contribution is 5.92. The Balaban J connectivity index is 1.95. The van der Waals surface area contributed by atoms with Crippen molar-refractivity contribution in [1.29, 1.82) is 0 Å². The molecule has 0 atom stereocenters. The van der Waals surface area contributed by atoms with Gasteiger partial charge in [0.05, 0.1) is 10.3 Å². The molecule has 174 valence electrons. The number of rotatable bonds is 4. The number of hydrogen-bond donors (Lipinski definition) is 1. The standard InChI is InChI=1S/C22H28FN3O6/c1-12(2)24-18-15(23)10-14-16(27)11-17(31-20(14)19(18)26(29)30)13-6-8-25(9-7-13)21(28)32-22(3,4)5/h10-13,24H,6-9H2,1-5H3. The first-order valence-electron chi connectivity index (χ1n) is 10.6. The number of piperidine rings is 1. The van der Waals surface area contributed by atoms with Crippen LogP contribution in [0.1, 0.15) is 59.1 Å². The molecule has 2 aromatic rings. The Morgan fingerprint density at radius 2 is 1.94 bits per heavy atom. The van der Waals surface area contributed by atoms with Gasteiger partial charge in [-0.15, -0.1) is 0 Å². The molecule has 1 aromatic heterocycles. The van der Waals surface area contributed by atoms with E-state index in [1.54, 1.807) is 39.5 Å². The lowest BCUT2D eigenvalue weighted by Gasteiger charge is -2.33. The second kappa shape index (κ2) is 8.76. The van der Waals surface area contributed by atoms with Gasteiger partial charge in [0.25, 0.3) is 0 Å². The number of nitrogens with zero attached hydrogens (tertiary/aromatic N) is 2. The van der Waals surface area contributed by atoms with Gasteiger partial charge in [-0.2, -0.15) is 0 Å². The summed E-state index contributed by atoms with van der Waals surface area (Å²) in [6, 6.07) is 1.95. The lowest BCUT2D eigenvalue weighted by Crippen LogP contribution is -2.41. The van der Waals surface area contributed by atoms with E-state index in [9.17, 15) is 24.1 Å². The number of ether oxygens (including phenoxy) is 1. The Labute approximate surface area is 184 Å². The van der Waals surface area contributed by atoms with Gasteiger partial charge in [0.15, 0.2) is 16.9 Å². The number of nitro groups is 1. The fourth-order valence-corrected chi connectivity index (χ4v) is 3.73. The molecular formula is C22H28FN3O6. The molecule has 1 aliphatic rings. The maximum Gasteiger partial charge on any atom is 0.410 e. The first kappa shape index (κ1) is 23.5. The molecule has 1 saturated heterocycles. The smallest absolute Gasteiger partial charge is 0.410 e. The molecule has 1 aliphatic heterocycles. The minimum atomic E-state index is -0.886. The zero-order chi connectivity index (χ0) is 23.8. The summed E-state index contributed by atoms with van der Waals surface area (Å²) in [7, 11) is 0. The molecule has 0 aliphatic carbocycles. The molecule has 2 heterocycles. The van der Waals surface area contributed by atoms with E-state index in [-0.39, 0.29) is 34.4 Å². The number of carbonyl (C=O) groups excluding carboxylic acids is 1. The third kappa shape index (κ3) is 5.00. The normalized spacial score (nSPS) is 15.3. The van der Waals surface area contributed by atoms with Gasteiger partial charge in [0.2, 0.25) is 5.58 Å². The summed E-state index contributed by atoms with van der Waals surface area (Å²) in [5.74, 6) is -0.808. The maximum absolute atomic E-state index is 14.6. The van der Waals surface area contributed by atoms with E-state index in [1.807, 2.05) is 0 Å². The maximum atomic E-state index is 14.6. The Bertz CT molecular complexity index is 1100. The van der Waals surface area contributed by atoms with Crippen molar-refractivity contribution in [2.75, 3.05) is 18.4 Å². The highest BCUT2D eigenvalue weighted by Crippen LogP contribution is 2.38. The van der Waals surface area contributed by atoms with Crippen LogP contribution in [0, 0.1) is 15.9 Å². The van der Waals surface area contributed by atoms with E-state index in [0.29, 0.717) is 25.9 Å². The Morgan fingerprint density at radius 1 is 1.31 bits per heavy atom. The molecular weight excluding hydrogens is 421 g/mol. The SMILES string of the molecule is CC(C)Nc1c(F)cc2c(=O)cc(C3CCN(C(=O)OC(C)(C)C)CC3)oc2c1[N+](=O)[O-]. The summed E-state index contributed by atoms with van der Waals surface area (Å²) >= 11 is 0. The second-order valence-corrected chi connectivity index (χ2v) is 9.27. The number of nitro benzene ring substituents is 1. The zero-order valence-electron chi connectivity index (χ0n) is 18.9. The number of amides is 1. The molecule has 0 radical (unpaired) electrons. The van der Waals surface area contributed by atoms with Gasteiger partial charge in [-0.1, -0.05) is 0 Å². The predicted octanol–water partition coefficient (Wildman–Crippen LogP) is 4.78. The quantitative estimate of drug-likeness (QED) is 0.528. The molecule has 0 unspecified atom stereocenters. The van der Waals surface area contributed by atoms with Crippen molar-refractivity contribution in [3.63, 3.8) is 0 Å². The van der Waals surface area contributed by atoms with Crippen LogP contribution in [0.2, 0.25) is 0 Å². The number of nitrogens with one attached hydrogen (secondary N) is 1. The minimum Gasteiger partial charge on any atom is -0.453 e. The van der Waals surface area contributed by atoms with E-state index < -0.39 is 33.6 Å². The average Bonchev–Trinajstić information content (AvgIpc) is 2.67. The summed E-state index contributed by atoms with van der Waals surface area (Å²) in [4.78, 5) is 37.6. The van der Waals surface area contributed by atoms with Crippen LogP contribution < -0.4 is 10.7 Å². The largest absolute Gasteiger partial charge is 0.453 e. The van der Waals surface area contributed by atoms with Gasteiger partial charge in [-0.25, -0.2) is 9.18 Å². The first-order chi connectivity index (χ1) is 14.9. The zero-order valence-corrected chi connectivity index (χ0v) is 18.9. The van der Waals surface area contributed by atoms with Gasteiger partial charge in [-0.3, -0.25) is 14.9 Å². The lowest BCUT2D eigenvalue weighted by atomic mass is 9.94. The molecule has 10 heteroatoms. The van der Waals surface area contributed by atoms with Crippen LogP contribution in [0.5, 0.6) is 0 Å². The lowest BCUT2D eigenvalue weighted by molar-refractivity contribution is -0.382. The summed E-state index contributed by atoms with van der Waals surface area (Å²) in [6.45, 7) is 9.61. The van der Waals surface area contributed by atoms with Crippen LogP contribution in [-0.2, 0) is 4.74 Å². The van der Waals surface area contributed by atoms with Gasteiger partial charge in [-0.05, 0) is 53.5 Å². The summed E-state index contributed by atoms with van der Waals surface area (Å²) in [5, 5.41) is 14.3. The number of halogens is 1. The molecule has 0 spiro atoms. The van der Waals surface area contributed by atoms with Crippen molar-refractivity contribution in [2.24, 2.45) is 0 Å². The number of benzene rings is 1. The molecule has 32 heavy (non-hydrogen) atoms. The van der Waals surface area contributed by atoms with Gasteiger partial charge in [0, 0.05) is 31.1 Å². The summed E-state index contributed by atoms with van der Waals surface area (Å²) < 4.78 is 25.8. The van der Waals surface area contributed by atoms with Crippen molar-refractivity contribution >= 4 is 28.4 Å². The third-order valence-corrected chi connectivity index (χ3v) is 5.13. The van der Waals surface area contributed by atoms with E-state index >= 15 is 0 Å². The van der Waals surface area contributed by atoms with Crippen LogP contribution in [-0.4, -0.2) is 40.6 Å². The van der Waals surface area contributed by atoms with Gasteiger partial charge in [0.1, 0.15) is 11.4 Å². The Morgan fingerprint density at radius 3 is 2.47 bits per heavy atom. The Hall–Kier alpha value is -3.17. The number of anilines is 1. The predicted molar refractivity (Wildman–Crippen MR) is 118 cm³/mol. The topological polar surface area (TPSA) is 115 Å². The molecule has 9 nitrogen and oxygen atoms in total. The van der Waals surface area contributed by atoms with Crippen LogP contribution in [0.3, 0.4) is 0 Å². The fraction of sp³-hybridized carbons (Fsp3) is 0.545. The van der Waals surface area contributed by atoms with Crippen LogP contribution in [0.25, 0.3) is 11.0 Å². The van der Waals surface area contributed by atoms with E-state index in [0.717, 1.165) is 6.07 Å². The second-order valence-electron chi connectivity index (χ2n) is 9.27. The molecule has 1 N–H and O–H groups in total. The summed E-state index contributed by atoms with van der Waals surface area (Å²) in [5.41, 5.74) is -2.31. The van der Waals surface area contributed by atoms with Crippen molar-refractivity contribution < 1.29 is 23.3 Å². The minimum absolute atomic E-state index is 0.182. The van der Waals surface area contributed by atoms with Crippen LogP contribution in [0.4, 0.5) is 20.6 Å². The molecule has 1 aromatic carbocycles. The van der Waals surface area contributed by atoms with Crippen molar-refractivity contribution in [1.82, 2.24) is 4.90 Å². The number of carbonyl (C=O) groups is 1. The number of fused-ring (bicyclic) bond motifs is 1. The van der Waals surface area contributed by atoms with Crippen molar-refractivity contribution in [2.45, 2.75) is 65.0 Å². The monoisotopic (exact) mass is 449 g/mol. The van der Waals surface area contributed by atoms with Gasteiger partial charge >= 0.3 is 11.8 Å². The third-order valence-electron chi connectivity index (χ3n) is 5.13. The first-order valence-corrected chi connectivity index (χ1v) is 10.6. The molecule has 3 rings (SSSR count). The highest BCUT2D eigenvalue weighted by atomic mass is 19.1. The molecule has 0 bridgehead atoms. The Kier molecular flexibility index (Phi) is 6.43. The fourth-order valence-electron chi connectivity index (χ4n) is 3.73. The number of hydrogen-bond acceptors (Lipinski definition) is 7. The summed E-state index contributed by atoms with van der Waals surface area (Å²) in [6.07, 6.45) is 0.589. The van der Waals surface area contributed by atoms with Crippen LogP contribution >= 0.6 is 0 Å². The number of likely N-dealkylation sites (tertiary alicyclic amines) is 1. The van der Waals surface area contributed by atoms with Gasteiger partial charge < -0.3 is 19.4 Å². The highest BCUT2D eigenvalue weighted by Gasteiger charge is 2.31. The van der Waals surface area contributed by atoms with Crippen molar-refractivity contribution in [3.8, 4) is 0 Å². The van der Waals surface area contributed by atoms with E-state index in [1.165, 1.54) is 6.07 Å². The average molecular weight is 449 g/mol. The van der Waals surface area contributed by atoms with Crippen molar-refractivity contribution in [3.05, 3.63) is 44.0 Å². The molecule has 1 amide bonds. The van der Waals surface area contributed by atoms with E-state index in [2.05, 4.69) is 5.32 Å². The van der Waals surface area contributed by atoms with E-state index in [4.69, 9.17) is 9.15 Å². The molecule has 0 saturated carbocycles. The molecule has 1 fully saturated rings. The van der Waals surface area contributed by atoms with Crippen LogP contribution in [0.15, 0.2) is 21.3 Å².